The van der Waals surface area contributed by atoms with Gasteiger partial charge in [-0.3, -0.25) is 14.9 Å². The molecule has 0 bridgehead atoms. The van der Waals surface area contributed by atoms with Gasteiger partial charge in [-0.05, 0) is 55.2 Å². The molecule has 40 heavy (non-hydrogen) atoms. The summed E-state index contributed by atoms with van der Waals surface area (Å²) in [7, 11) is 0. The summed E-state index contributed by atoms with van der Waals surface area (Å²) in [5.74, 6) is 2.17. The van der Waals surface area contributed by atoms with Gasteiger partial charge in [0.25, 0.3) is 5.69 Å². The fraction of sp³-hybridized carbons (Fsp3) is 0.233. The lowest BCUT2D eigenvalue weighted by Crippen LogP contribution is -2.31. The molecule has 1 atom stereocenters. The van der Waals surface area contributed by atoms with Crippen LogP contribution in [0.5, 0.6) is 11.5 Å². The fourth-order valence-electron chi connectivity index (χ4n) is 5.14. The zero-order valence-corrected chi connectivity index (χ0v) is 21.9. The second-order valence-electron chi connectivity index (χ2n) is 9.62. The van der Waals surface area contributed by atoms with Crippen LogP contribution in [0.25, 0.3) is 11.4 Å². The number of ether oxygens (including phenoxy) is 2. The first-order valence-electron chi connectivity index (χ1n) is 13.2. The minimum atomic E-state index is -0.513. The van der Waals surface area contributed by atoms with Crippen molar-refractivity contribution in [1.29, 1.82) is 0 Å². The van der Waals surface area contributed by atoms with Gasteiger partial charge in [-0.2, -0.15) is 4.98 Å². The minimum Gasteiger partial charge on any atom is -0.490 e. The van der Waals surface area contributed by atoms with Crippen LogP contribution < -0.4 is 14.8 Å². The maximum absolute atomic E-state index is 13.3. The van der Waals surface area contributed by atoms with Crippen molar-refractivity contribution < 1.29 is 19.2 Å². The van der Waals surface area contributed by atoms with E-state index in [0.717, 1.165) is 29.7 Å². The molecule has 6 rings (SSSR count). The van der Waals surface area contributed by atoms with E-state index in [1.165, 1.54) is 12.1 Å². The van der Waals surface area contributed by atoms with Crippen LogP contribution in [-0.4, -0.2) is 32.1 Å². The van der Waals surface area contributed by atoms with Gasteiger partial charge in [-0.25, -0.2) is 4.68 Å². The van der Waals surface area contributed by atoms with Crippen molar-refractivity contribution in [1.82, 2.24) is 14.8 Å². The number of nitro groups is 1. The van der Waals surface area contributed by atoms with Crippen molar-refractivity contribution in [2.45, 2.75) is 38.8 Å². The molecule has 2 aliphatic rings. The summed E-state index contributed by atoms with van der Waals surface area (Å²) in [6, 6.07) is 21.2. The molecule has 1 aliphatic carbocycles. The number of benzene rings is 3. The first-order valence-corrected chi connectivity index (χ1v) is 13.2. The van der Waals surface area contributed by atoms with Crippen molar-refractivity contribution in [2.75, 3.05) is 11.9 Å². The Kier molecular flexibility index (Phi) is 6.73. The van der Waals surface area contributed by atoms with Gasteiger partial charge in [-0.1, -0.05) is 36.4 Å². The van der Waals surface area contributed by atoms with Gasteiger partial charge in [0.05, 0.1) is 11.5 Å². The molecule has 1 unspecified atom stereocenters. The first kappa shape index (κ1) is 25.3. The van der Waals surface area contributed by atoms with E-state index in [-0.39, 0.29) is 11.5 Å². The molecule has 0 saturated carbocycles. The van der Waals surface area contributed by atoms with Gasteiger partial charge in [0.15, 0.2) is 23.1 Å². The first-order chi connectivity index (χ1) is 19.5. The van der Waals surface area contributed by atoms with Crippen LogP contribution in [0.1, 0.15) is 43.4 Å². The van der Waals surface area contributed by atoms with Gasteiger partial charge in [0.2, 0.25) is 5.95 Å². The van der Waals surface area contributed by atoms with Crippen molar-refractivity contribution >= 4 is 17.4 Å². The van der Waals surface area contributed by atoms with Crippen LogP contribution in [0.3, 0.4) is 0 Å². The SMILES string of the molecule is CCOc1cc(C2C3=C(CCCC3=O)Nc3nc(-c4ccc([N+](=O)[O-])cc4)nn32)ccc1OCc1ccccc1. The molecule has 202 valence electrons. The van der Waals surface area contributed by atoms with E-state index < -0.39 is 11.0 Å². The van der Waals surface area contributed by atoms with Crippen LogP contribution in [0.4, 0.5) is 11.6 Å². The third-order valence-electron chi connectivity index (χ3n) is 7.02. The predicted molar refractivity (Wildman–Crippen MR) is 148 cm³/mol. The maximum atomic E-state index is 13.3. The summed E-state index contributed by atoms with van der Waals surface area (Å²) in [6.45, 7) is 2.76. The van der Waals surface area contributed by atoms with Crippen LogP contribution in [0, 0.1) is 10.1 Å². The monoisotopic (exact) mass is 537 g/mol. The number of allylic oxidation sites excluding steroid dienone is 2. The predicted octanol–water partition coefficient (Wildman–Crippen LogP) is 5.85. The summed E-state index contributed by atoms with van der Waals surface area (Å²) in [6.07, 6.45) is 1.96. The highest BCUT2D eigenvalue weighted by Gasteiger charge is 2.37. The number of carbonyl (C=O) groups excluding carboxylic acids is 1. The number of Topliss-reactive ketones (excluding diaryl/α,β-unsaturated/α-hetero) is 1. The highest BCUT2D eigenvalue weighted by atomic mass is 16.6. The van der Waals surface area contributed by atoms with E-state index in [2.05, 4.69) is 5.32 Å². The third kappa shape index (κ3) is 4.79. The molecule has 1 aliphatic heterocycles. The topological polar surface area (TPSA) is 121 Å². The minimum absolute atomic E-state index is 0.00974. The Balaban J connectivity index is 1.39. The molecular formula is C30H27N5O5. The zero-order valence-electron chi connectivity index (χ0n) is 21.9. The second-order valence-corrected chi connectivity index (χ2v) is 9.62. The Labute approximate surface area is 230 Å². The molecule has 1 N–H and O–H groups in total. The lowest BCUT2D eigenvalue weighted by Gasteiger charge is -2.32. The number of rotatable bonds is 8. The standard InChI is InChI=1S/C30H27N5O5/c1-2-39-26-17-21(13-16-25(26)40-18-19-7-4-3-5-8-19)28-27-23(9-6-10-24(27)36)31-30-32-29(33-34(28)30)20-11-14-22(15-12-20)35(37)38/h3-5,7-8,11-17,28H,2,6,9-10,18H2,1H3,(H,31,32,33). The molecule has 0 spiro atoms. The van der Waals surface area contributed by atoms with E-state index >= 15 is 0 Å². The van der Waals surface area contributed by atoms with Crippen LogP contribution in [-0.2, 0) is 11.4 Å². The van der Waals surface area contributed by atoms with Crippen LogP contribution >= 0.6 is 0 Å². The van der Waals surface area contributed by atoms with Gasteiger partial charge < -0.3 is 14.8 Å². The molecule has 0 radical (unpaired) electrons. The Morgan fingerprint density at radius 1 is 1.02 bits per heavy atom. The highest BCUT2D eigenvalue weighted by molar-refractivity contribution is 5.99. The van der Waals surface area contributed by atoms with E-state index in [1.807, 2.05) is 55.5 Å². The number of nitro benzene ring substituents is 1. The van der Waals surface area contributed by atoms with Crippen molar-refractivity contribution in [3.8, 4) is 22.9 Å². The zero-order chi connectivity index (χ0) is 27.6. The molecule has 0 saturated heterocycles. The largest absolute Gasteiger partial charge is 0.490 e. The summed E-state index contributed by atoms with van der Waals surface area (Å²) < 4.78 is 13.8. The molecule has 2 heterocycles. The quantitative estimate of drug-likeness (QED) is 0.219. The number of aromatic nitrogens is 3. The second kappa shape index (κ2) is 10.6. The summed E-state index contributed by atoms with van der Waals surface area (Å²) in [4.78, 5) is 28.6. The molecule has 0 fully saturated rings. The van der Waals surface area contributed by atoms with E-state index in [1.54, 1.807) is 16.8 Å². The Morgan fingerprint density at radius 2 is 1.82 bits per heavy atom. The number of ketones is 1. The maximum Gasteiger partial charge on any atom is 0.269 e. The van der Waals surface area contributed by atoms with Crippen LogP contribution in [0.15, 0.2) is 84.1 Å². The molecule has 4 aromatic rings. The third-order valence-corrected chi connectivity index (χ3v) is 7.02. The lowest BCUT2D eigenvalue weighted by atomic mass is 9.85. The Morgan fingerprint density at radius 3 is 2.58 bits per heavy atom. The number of hydrogen-bond acceptors (Lipinski definition) is 8. The number of carbonyl (C=O) groups is 1. The molecular weight excluding hydrogens is 510 g/mol. The number of anilines is 1. The van der Waals surface area contributed by atoms with Crippen molar-refractivity contribution in [2.24, 2.45) is 0 Å². The normalized spacial score (nSPS) is 16.1. The molecule has 10 nitrogen and oxygen atoms in total. The van der Waals surface area contributed by atoms with Crippen LogP contribution in [0.2, 0.25) is 0 Å². The fourth-order valence-corrected chi connectivity index (χ4v) is 5.14. The number of nitrogens with one attached hydrogen (secondary N) is 1. The molecule has 10 heteroatoms. The number of fused-ring (bicyclic) bond motifs is 1. The molecule has 3 aromatic carbocycles. The van der Waals surface area contributed by atoms with Gasteiger partial charge >= 0.3 is 0 Å². The lowest BCUT2D eigenvalue weighted by molar-refractivity contribution is -0.384. The van der Waals surface area contributed by atoms with E-state index in [9.17, 15) is 14.9 Å². The van der Waals surface area contributed by atoms with Gasteiger partial charge in [0, 0.05) is 35.4 Å². The summed E-state index contributed by atoms with van der Waals surface area (Å²) in [5, 5.41) is 19.2. The van der Waals surface area contributed by atoms with E-state index in [0.29, 0.717) is 54.0 Å². The number of hydrogen-bond donors (Lipinski definition) is 1. The smallest absolute Gasteiger partial charge is 0.269 e. The van der Waals surface area contributed by atoms with Gasteiger partial charge in [-0.15, -0.1) is 5.10 Å². The van der Waals surface area contributed by atoms with Crippen molar-refractivity contribution in [3.05, 3.63) is 105 Å². The average molecular weight is 538 g/mol. The average Bonchev–Trinajstić information content (AvgIpc) is 3.40. The number of non-ortho nitro benzene ring substituents is 1. The number of nitrogens with zero attached hydrogens (tertiary/aromatic N) is 4. The Bertz CT molecular complexity index is 1610. The van der Waals surface area contributed by atoms with E-state index in [4.69, 9.17) is 19.6 Å². The van der Waals surface area contributed by atoms with Crippen molar-refractivity contribution in [3.63, 3.8) is 0 Å². The Hall–Kier alpha value is -4.99. The highest BCUT2D eigenvalue weighted by Crippen LogP contribution is 2.43. The molecule has 0 amide bonds. The summed E-state index contributed by atoms with van der Waals surface area (Å²) >= 11 is 0. The molecule has 1 aromatic heterocycles. The summed E-state index contributed by atoms with van der Waals surface area (Å²) in [5.41, 5.74) is 4.00. The van der Waals surface area contributed by atoms with Gasteiger partial charge in [0.1, 0.15) is 12.6 Å².